The lowest BCUT2D eigenvalue weighted by molar-refractivity contribution is 0.0962. The number of rotatable bonds is 4. The second-order valence-electron chi connectivity index (χ2n) is 2.90. The molecule has 0 atom stereocenters. The van der Waals surface area contributed by atoms with Crippen molar-refractivity contribution < 1.29 is 4.79 Å². The van der Waals surface area contributed by atoms with E-state index < -0.39 is 0 Å². The summed E-state index contributed by atoms with van der Waals surface area (Å²) in [4.78, 5) is 12.3. The maximum absolute atomic E-state index is 11.6. The van der Waals surface area contributed by atoms with Crippen molar-refractivity contribution in [2.75, 3.05) is 12.4 Å². The Hall–Kier alpha value is -0.320. The van der Waals surface area contributed by atoms with Crippen molar-refractivity contribution in [1.82, 2.24) is 5.32 Å². The van der Waals surface area contributed by atoms with Gasteiger partial charge in [-0.15, -0.1) is 22.9 Å². The Kier molecular flexibility index (Phi) is 5.36. The van der Waals surface area contributed by atoms with Crippen LogP contribution in [-0.2, 0) is 0 Å². The van der Waals surface area contributed by atoms with E-state index in [1.54, 1.807) is 6.08 Å². The molecular formula is C10H11BrClNOS. The van der Waals surface area contributed by atoms with Crippen LogP contribution >= 0.6 is 38.9 Å². The highest BCUT2D eigenvalue weighted by Crippen LogP contribution is 2.26. The highest BCUT2D eigenvalue weighted by atomic mass is 79.9. The molecule has 15 heavy (non-hydrogen) atoms. The second-order valence-corrected chi connectivity index (χ2v) is 5.58. The van der Waals surface area contributed by atoms with Crippen LogP contribution < -0.4 is 5.32 Å². The first-order chi connectivity index (χ1) is 7.15. The molecular weight excluding hydrogens is 298 g/mol. The van der Waals surface area contributed by atoms with E-state index in [2.05, 4.69) is 21.2 Å². The molecule has 0 bridgehead atoms. The quantitative estimate of drug-likeness (QED) is 0.671. The Morgan fingerprint density at radius 3 is 2.93 bits per heavy atom. The zero-order valence-corrected chi connectivity index (χ0v) is 11.4. The van der Waals surface area contributed by atoms with Crippen LogP contribution in [0.15, 0.2) is 22.0 Å². The first-order valence-corrected chi connectivity index (χ1v) is 6.54. The van der Waals surface area contributed by atoms with Gasteiger partial charge >= 0.3 is 0 Å². The summed E-state index contributed by atoms with van der Waals surface area (Å²) in [6.07, 6.45) is 3.64. The molecule has 82 valence electrons. The van der Waals surface area contributed by atoms with E-state index in [1.165, 1.54) is 11.3 Å². The molecule has 1 aromatic rings. The predicted molar refractivity (Wildman–Crippen MR) is 68.9 cm³/mol. The van der Waals surface area contributed by atoms with Gasteiger partial charge in [-0.1, -0.05) is 12.2 Å². The molecule has 0 aliphatic carbocycles. The van der Waals surface area contributed by atoms with Crippen molar-refractivity contribution in [3.8, 4) is 0 Å². The molecule has 0 aliphatic rings. The third-order valence-corrected chi connectivity index (χ3v) is 4.03. The lowest BCUT2D eigenvalue weighted by Gasteiger charge is -1.97. The van der Waals surface area contributed by atoms with E-state index in [9.17, 15) is 4.79 Å². The highest BCUT2D eigenvalue weighted by Gasteiger charge is 2.09. The Bertz CT molecular complexity index is 356. The number of carbonyl (C=O) groups excluding carboxylic acids is 1. The molecule has 1 amide bonds. The van der Waals surface area contributed by atoms with Gasteiger partial charge in [0.25, 0.3) is 5.91 Å². The summed E-state index contributed by atoms with van der Waals surface area (Å²) in [5.74, 6) is 0.424. The van der Waals surface area contributed by atoms with Gasteiger partial charge in [0.2, 0.25) is 0 Å². The summed E-state index contributed by atoms with van der Waals surface area (Å²) in [5, 5.41) is 2.78. The molecule has 0 aromatic carbocycles. The molecule has 1 N–H and O–H groups in total. The number of hydrogen-bond acceptors (Lipinski definition) is 2. The van der Waals surface area contributed by atoms with Gasteiger partial charge in [-0.2, -0.15) is 0 Å². The monoisotopic (exact) mass is 307 g/mol. The van der Waals surface area contributed by atoms with Crippen molar-refractivity contribution >= 4 is 44.8 Å². The van der Waals surface area contributed by atoms with Crippen LogP contribution in [0.5, 0.6) is 0 Å². The Morgan fingerprint density at radius 2 is 2.40 bits per heavy atom. The van der Waals surface area contributed by atoms with Crippen LogP contribution in [-0.4, -0.2) is 18.3 Å². The van der Waals surface area contributed by atoms with Gasteiger partial charge in [-0.25, -0.2) is 0 Å². The average Bonchev–Trinajstić information content (AvgIpc) is 2.54. The average molecular weight is 309 g/mol. The molecule has 0 radical (unpaired) electrons. The number of amides is 1. The number of hydrogen-bond donors (Lipinski definition) is 1. The summed E-state index contributed by atoms with van der Waals surface area (Å²) in [6, 6.07) is 1.87. The van der Waals surface area contributed by atoms with Crippen molar-refractivity contribution in [3.05, 3.63) is 32.4 Å². The molecule has 2 nitrogen and oxygen atoms in total. The third-order valence-electron chi connectivity index (χ3n) is 1.72. The third kappa shape index (κ3) is 3.97. The molecule has 1 heterocycles. The summed E-state index contributed by atoms with van der Waals surface area (Å²) in [7, 11) is 0. The summed E-state index contributed by atoms with van der Waals surface area (Å²) >= 11 is 10.3. The number of carbonyl (C=O) groups is 1. The van der Waals surface area contributed by atoms with E-state index in [4.69, 9.17) is 11.6 Å². The van der Waals surface area contributed by atoms with Crippen molar-refractivity contribution in [2.45, 2.75) is 6.92 Å². The number of halogens is 2. The standard InChI is InChI=1S/C10H11BrClNOS/c1-7-6-8(15-9(7)11)10(14)13-5-3-2-4-12/h2-3,6H,4-5H2,1H3,(H,13,14)/b3-2+. The normalized spacial score (nSPS) is 10.9. The number of thiophene rings is 1. The molecule has 0 unspecified atom stereocenters. The number of aryl methyl sites for hydroxylation is 1. The smallest absolute Gasteiger partial charge is 0.261 e. The molecule has 1 rings (SSSR count). The minimum absolute atomic E-state index is 0.0481. The fourth-order valence-corrected chi connectivity index (χ4v) is 2.53. The molecule has 0 fully saturated rings. The fourth-order valence-electron chi connectivity index (χ4n) is 0.957. The Balaban J connectivity index is 2.50. The number of nitrogens with one attached hydrogen (secondary N) is 1. The van der Waals surface area contributed by atoms with Crippen LogP contribution in [0.25, 0.3) is 0 Å². The van der Waals surface area contributed by atoms with Gasteiger partial charge in [0.05, 0.1) is 8.66 Å². The first kappa shape index (κ1) is 12.7. The molecule has 0 saturated carbocycles. The van der Waals surface area contributed by atoms with Crippen LogP contribution in [0.2, 0.25) is 0 Å². The molecule has 0 aliphatic heterocycles. The number of allylic oxidation sites excluding steroid dienone is 1. The van der Waals surface area contributed by atoms with Gasteiger partial charge in [-0.3, -0.25) is 4.79 Å². The van der Waals surface area contributed by atoms with Crippen molar-refractivity contribution in [1.29, 1.82) is 0 Å². The number of alkyl halides is 1. The molecule has 0 saturated heterocycles. The van der Waals surface area contributed by atoms with Crippen molar-refractivity contribution in [3.63, 3.8) is 0 Å². The van der Waals surface area contributed by atoms with Crippen LogP contribution in [0.4, 0.5) is 0 Å². The van der Waals surface area contributed by atoms with Crippen molar-refractivity contribution in [2.24, 2.45) is 0 Å². The summed E-state index contributed by atoms with van der Waals surface area (Å²) in [5.41, 5.74) is 1.08. The van der Waals surface area contributed by atoms with Gasteiger partial charge in [0.1, 0.15) is 0 Å². The lowest BCUT2D eigenvalue weighted by atomic mass is 10.3. The SMILES string of the molecule is Cc1cc(C(=O)NC/C=C/CCl)sc1Br. The van der Waals surface area contributed by atoms with Crippen LogP contribution in [0.3, 0.4) is 0 Å². The molecule has 5 heteroatoms. The topological polar surface area (TPSA) is 29.1 Å². The zero-order valence-electron chi connectivity index (χ0n) is 8.22. The molecule has 0 spiro atoms. The van der Waals surface area contributed by atoms with E-state index in [-0.39, 0.29) is 5.91 Å². The first-order valence-electron chi connectivity index (χ1n) is 4.40. The molecule has 1 aromatic heterocycles. The fraction of sp³-hybridized carbons (Fsp3) is 0.300. The predicted octanol–water partition coefficient (Wildman–Crippen LogP) is 3.34. The highest BCUT2D eigenvalue weighted by molar-refractivity contribution is 9.11. The lowest BCUT2D eigenvalue weighted by Crippen LogP contribution is -2.22. The van der Waals surface area contributed by atoms with Gasteiger partial charge < -0.3 is 5.32 Å². The maximum atomic E-state index is 11.6. The van der Waals surface area contributed by atoms with E-state index in [0.717, 1.165) is 14.2 Å². The van der Waals surface area contributed by atoms with Gasteiger partial charge in [-0.05, 0) is 34.5 Å². The zero-order chi connectivity index (χ0) is 11.3. The van der Waals surface area contributed by atoms with Crippen LogP contribution in [0.1, 0.15) is 15.2 Å². The van der Waals surface area contributed by atoms with E-state index >= 15 is 0 Å². The summed E-state index contributed by atoms with van der Waals surface area (Å²) < 4.78 is 1.00. The summed E-state index contributed by atoms with van der Waals surface area (Å²) in [6.45, 7) is 2.48. The minimum Gasteiger partial charge on any atom is -0.348 e. The van der Waals surface area contributed by atoms with E-state index in [0.29, 0.717) is 12.4 Å². The van der Waals surface area contributed by atoms with E-state index in [1.807, 2.05) is 19.1 Å². The largest absolute Gasteiger partial charge is 0.348 e. The van der Waals surface area contributed by atoms with Gasteiger partial charge in [0, 0.05) is 12.4 Å². The Labute approximate surface area is 106 Å². The maximum Gasteiger partial charge on any atom is 0.261 e. The second kappa shape index (κ2) is 6.30. The van der Waals surface area contributed by atoms with Crippen LogP contribution in [0, 0.1) is 6.92 Å². The minimum atomic E-state index is -0.0481. The van der Waals surface area contributed by atoms with Gasteiger partial charge in [0.15, 0.2) is 0 Å². The Morgan fingerprint density at radius 1 is 1.67 bits per heavy atom.